The van der Waals surface area contributed by atoms with Crippen molar-refractivity contribution in [2.45, 2.75) is 0 Å². The van der Waals surface area contributed by atoms with Crippen molar-refractivity contribution in [2.75, 3.05) is 0 Å². The second kappa shape index (κ2) is 7.88. The van der Waals surface area contributed by atoms with E-state index in [0.717, 1.165) is 32.9 Å². The lowest BCUT2D eigenvalue weighted by Crippen LogP contribution is -2.05. The van der Waals surface area contributed by atoms with Gasteiger partial charge >= 0.3 is 0 Å². The van der Waals surface area contributed by atoms with E-state index in [4.69, 9.17) is 0 Å². The zero-order valence-electron chi connectivity index (χ0n) is 17.8. The maximum atomic E-state index is 13.5. The van der Waals surface area contributed by atoms with Crippen LogP contribution in [0.2, 0.25) is 0 Å². The molecular formula is C30H20N2O. The molecule has 156 valence electrons. The molecule has 6 rings (SSSR count). The molecule has 1 N–H and O–H groups in total. The molecule has 0 aliphatic carbocycles. The fraction of sp³-hybridized carbons (Fsp3) is 0. The molecule has 4 aromatic carbocycles. The summed E-state index contributed by atoms with van der Waals surface area (Å²) in [6.45, 7) is 0. The van der Waals surface area contributed by atoms with Crippen molar-refractivity contribution in [3.8, 4) is 22.3 Å². The average molecular weight is 425 g/mol. The first-order chi connectivity index (χ1) is 16.3. The van der Waals surface area contributed by atoms with Crippen LogP contribution >= 0.6 is 0 Å². The van der Waals surface area contributed by atoms with E-state index in [9.17, 15) is 4.79 Å². The number of ketones is 1. The fourth-order valence-electron chi connectivity index (χ4n) is 4.41. The third kappa shape index (κ3) is 3.40. The quantitative estimate of drug-likeness (QED) is 0.302. The third-order valence-corrected chi connectivity index (χ3v) is 6.09. The molecule has 0 saturated heterocycles. The molecule has 0 aliphatic rings. The number of H-pyrrole nitrogens is 1. The summed E-state index contributed by atoms with van der Waals surface area (Å²) in [7, 11) is 0. The van der Waals surface area contributed by atoms with Crippen molar-refractivity contribution in [3.05, 3.63) is 127 Å². The van der Waals surface area contributed by atoms with Crippen LogP contribution < -0.4 is 0 Å². The first kappa shape index (κ1) is 19.2. The Labute approximate surface area is 191 Å². The average Bonchev–Trinajstić information content (AvgIpc) is 3.28. The smallest absolute Gasteiger partial charge is 0.213 e. The predicted octanol–water partition coefficient (Wildman–Crippen LogP) is 7.28. The van der Waals surface area contributed by atoms with Crippen molar-refractivity contribution in [3.63, 3.8) is 0 Å². The number of pyridine rings is 1. The number of nitrogens with zero attached hydrogens (tertiary/aromatic N) is 1. The minimum atomic E-state index is -0.0880. The van der Waals surface area contributed by atoms with Crippen LogP contribution in [0.5, 0.6) is 0 Å². The second-order valence-corrected chi connectivity index (χ2v) is 8.11. The molecule has 33 heavy (non-hydrogen) atoms. The number of para-hydroxylation sites is 1. The van der Waals surface area contributed by atoms with Crippen molar-refractivity contribution in [1.29, 1.82) is 0 Å². The van der Waals surface area contributed by atoms with Gasteiger partial charge in [0.25, 0.3) is 0 Å². The Morgan fingerprint density at radius 1 is 0.606 bits per heavy atom. The van der Waals surface area contributed by atoms with Gasteiger partial charge in [0, 0.05) is 28.0 Å². The number of carbonyl (C=O) groups is 1. The van der Waals surface area contributed by atoms with Crippen molar-refractivity contribution in [2.24, 2.45) is 0 Å². The van der Waals surface area contributed by atoms with E-state index in [1.54, 1.807) is 6.20 Å². The summed E-state index contributed by atoms with van der Waals surface area (Å²) in [4.78, 5) is 21.3. The van der Waals surface area contributed by atoms with Crippen LogP contribution in [0.4, 0.5) is 0 Å². The lowest BCUT2D eigenvalue weighted by atomic mass is 9.97. The largest absolute Gasteiger partial charge is 0.353 e. The zero-order valence-corrected chi connectivity index (χ0v) is 17.8. The summed E-state index contributed by atoms with van der Waals surface area (Å²) < 4.78 is 0. The molecule has 6 aromatic rings. The number of benzene rings is 4. The van der Waals surface area contributed by atoms with Gasteiger partial charge in [-0.1, -0.05) is 91.0 Å². The summed E-state index contributed by atoms with van der Waals surface area (Å²) >= 11 is 0. The summed E-state index contributed by atoms with van der Waals surface area (Å²) in [6.07, 6.45) is 1.71. The maximum absolute atomic E-state index is 13.5. The van der Waals surface area contributed by atoms with Gasteiger partial charge in [0.2, 0.25) is 5.78 Å². The molecule has 0 spiro atoms. The molecule has 3 nitrogen and oxygen atoms in total. The number of carbonyl (C=O) groups excluding carboxylic acids is 1. The zero-order chi connectivity index (χ0) is 22.2. The van der Waals surface area contributed by atoms with Crippen LogP contribution in [0.15, 0.2) is 115 Å². The molecule has 0 unspecified atom stereocenters. The molecule has 0 atom stereocenters. The minimum absolute atomic E-state index is 0.0880. The lowest BCUT2D eigenvalue weighted by Gasteiger charge is -2.07. The van der Waals surface area contributed by atoms with E-state index < -0.39 is 0 Å². The highest BCUT2D eigenvalue weighted by molar-refractivity contribution is 6.19. The Morgan fingerprint density at radius 2 is 1.27 bits per heavy atom. The Bertz CT molecular complexity index is 1610. The number of rotatable bonds is 4. The van der Waals surface area contributed by atoms with Gasteiger partial charge in [-0.2, -0.15) is 0 Å². The maximum Gasteiger partial charge on any atom is 0.213 e. The Hall–Kier alpha value is -4.50. The van der Waals surface area contributed by atoms with Crippen LogP contribution in [0, 0.1) is 0 Å². The number of aromatic nitrogens is 2. The number of nitrogens with one attached hydrogen (secondary N) is 1. The molecule has 2 heterocycles. The van der Waals surface area contributed by atoms with Crippen molar-refractivity contribution in [1.82, 2.24) is 9.97 Å². The number of hydrogen-bond acceptors (Lipinski definition) is 2. The van der Waals surface area contributed by atoms with Gasteiger partial charge < -0.3 is 4.98 Å². The van der Waals surface area contributed by atoms with Crippen LogP contribution in [-0.2, 0) is 0 Å². The van der Waals surface area contributed by atoms with Gasteiger partial charge in [0.1, 0.15) is 5.69 Å². The van der Waals surface area contributed by atoms with E-state index >= 15 is 0 Å². The van der Waals surface area contributed by atoms with Crippen molar-refractivity contribution < 1.29 is 4.79 Å². The third-order valence-electron chi connectivity index (χ3n) is 6.09. The molecule has 0 amide bonds. The highest BCUT2D eigenvalue weighted by atomic mass is 16.1. The summed E-state index contributed by atoms with van der Waals surface area (Å²) in [5, 5.41) is 2.10. The topological polar surface area (TPSA) is 45.8 Å². The van der Waals surface area contributed by atoms with Gasteiger partial charge in [-0.05, 0) is 40.5 Å². The second-order valence-electron chi connectivity index (χ2n) is 8.11. The summed E-state index contributed by atoms with van der Waals surface area (Å²) in [5.41, 5.74) is 7.28. The molecule has 3 heteroatoms. The van der Waals surface area contributed by atoms with Gasteiger partial charge in [-0.25, -0.2) is 0 Å². The van der Waals surface area contributed by atoms with E-state index in [-0.39, 0.29) is 5.78 Å². The normalized spacial score (nSPS) is 11.2. The lowest BCUT2D eigenvalue weighted by molar-refractivity contribution is 0.103. The van der Waals surface area contributed by atoms with Gasteiger partial charge in [0.15, 0.2) is 0 Å². The molecule has 0 saturated carbocycles. The van der Waals surface area contributed by atoms with Gasteiger partial charge in [0.05, 0.1) is 5.52 Å². The predicted molar refractivity (Wildman–Crippen MR) is 134 cm³/mol. The van der Waals surface area contributed by atoms with E-state index in [1.165, 1.54) is 11.1 Å². The van der Waals surface area contributed by atoms with Gasteiger partial charge in [-0.15, -0.1) is 0 Å². The van der Waals surface area contributed by atoms with Gasteiger partial charge in [-0.3, -0.25) is 9.78 Å². The summed E-state index contributed by atoms with van der Waals surface area (Å²) in [5.74, 6) is -0.0880. The van der Waals surface area contributed by atoms with Crippen molar-refractivity contribution >= 4 is 27.6 Å². The fourth-order valence-corrected chi connectivity index (χ4v) is 4.41. The SMILES string of the molecule is O=C(c1cccc(-c2ccc(-c3ccccc3)cc2)c1)c1nccc2c1[nH]c1ccccc12. The molecule has 2 aromatic heterocycles. The standard InChI is InChI=1S/C30H20N2O/c33-30(29-28-26(17-18-31-29)25-11-4-5-12-27(25)32-28)24-10-6-9-23(19-24)22-15-13-21(14-16-22)20-7-2-1-3-8-20/h1-19,32H. The van der Waals surface area contributed by atoms with E-state index in [2.05, 4.69) is 52.4 Å². The van der Waals surface area contributed by atoms with Crippen LogP contribution in [-0.4, -0.2) is 15.8 Å². The molecule has 0 bridgehead atoms. The highest BCUT2D eigenvalue weighted by Crippen LogP contribution is 2.29. The van der Waals surface area contributed by atoms with E-state index in [0.29, 0.717) is 11.3 Å². The highest BCUT2D eigenvalue weighted by Gasteiger charge is 2.17. The first-order valence-electron chi connectivity index (χ1n) is 10.9. The monoisotopic (exact) mass is 424 g/mol. The summed E-state index contributed by atoms with van der Waals surface area (Å²) in [6, 6.07) is 36.5. The Kier molecular flexibility index (Phi) is 4.59. The Morgan fingerprint density at radius 3 is 2.09 bits per heavy atom. The number of fused-ring (bicyclic) bond motifs is 3. The van der Waals surface area contributed by atoms with Crippen LogP contribution in [0.25, 0.3) is 44.1 Å². The van der Waals surface area contributed by atoms with E-state index in [1.807, 2.05) is 66.7 Å². The van der Waals surface area contributed by atoms with Crippen LogP contribution in [0.1, 0.15) is 16.1 Å². The molecule has 0 radical (unpaired) electrons. The number of aromatic amines is 1. The molecule has 0 fully saturated rings. The molecular weight excluding hydrogens is 404 g/mol. The molecule has 0 aliphatic heterocycles. The minimum Gasteiger partial charge on any atom is -0.353 e. The van der Waals surface area contributed by atoms with Crippen LogP contribution in [0.3, 0.4) is 0 Å². The first-order valence-corrected chi connectivity index (χ1v) is 10.9. The number of hydrogen-bond donors (Lipinski definition) is 1. The Balaban J connectivity index is 1.37.